The first kappa shape index (κ1) is 25.2. The number of nitrogens with one attached hydrogen (secondary N) is 2. The number of aromatic nitrogens is 3. The highest BCUT2D eigenvalue weighted by Gasteiger charge is 2.32. The Hall–Kier alpha value is -4.41. The number of methoxy groups -OCH3 is 2. The van der Waals surface area contributed by atoms with Crippen molar-refractivity contribution in [3.63, 3.8) is 0 Å². The maximum absolute atomic E-state index is 14.8. The van der Waals surface area contributed by atoms with Crippen LogP contribution in [0.15, 0.2) is 42.5 Å². The average molecular weight is 524 g/mol. The van der Waals surface area contributed by atoms with Crippen LogP contribution in [0.2, 0.25) is 0 Å². The van der Waals surface area contributed by atoms with Crippen LogP contribution in [0.5, 0.6) is 11.5 Å². The minimum absolute atomic E-state index is 0.0961. The van der Waals surface area contributed by atoms with Crippen LogP contribution in [-0.2, 0) is 7.05 Å². The number of hydrogen-bond acceptors (Lipinski definition) is 5. The molecule has 1 aliphatic rings. The van der Waals surface area contributed by atoms with Crippen LogP contribution in [0.3, 0.4) is 0 Å². The summed E-state index contributed by atoms with van der Waals surface area (Å²) in [5, 5.41) is 10.6. The first-order valence-corrected chi connectivity index (χ1v) is 12.2. The zero-order chi connectivity index (χ0) is 27.0. The normalized spacial score (nSPS) is 15.5. The number of likely N-dealkylation sites (tertiary alicyclic amines) is 1. The number of carbonyl (C=O) groups is 2. The number of H-pyrrole nitrogens is 1. The molecule has 1 atom stereocenters. The third kappa shape index (κ3) is 4.33. The zero-order valence-electron chi connectivity index (χ0n) is 21.2. The number of anilines is 1. The van der Waals surface area contributed by atoms with Crippen molar-refractivity contribution in [3.05, 3.63) is 71.1 Å². The molecule has 2 aromatic heterocycles. The van der Waals surface area contributed by atoms with Gasteiger partial charge >= 0.3 is 0 Å². The van der Waals surface area contributed by atoms with Crippen molar-refractivity contribution in [1.29, 1.82) is 0 Å². The fourth-order valence-electron chi connectivity index (χ4n) is 4.98. The zero-order valence-corrected chi connectivity index (χ0v) is 21.2. The number of carbonyl (C=O) groups excluding carboxylic acids is 2. The highest BCUT2D eigenvalue weighted by Crippen LogP contribution is 2.34. The smallest absolute Gasteiger partial charge is 0.271 e. The molecular weight excluding hydrogens is 496 g/mol. The molecule has 0 aliphatic carbocycles. The summed E-state index contributed by atoms with van der Waals surface area (Å²) in [5.74, 6) is -4.07. The van der Waals surface area contributed by atoms with E-state index in [0.717, 1.165) is 36.9 Å². The number of para-hydroxylation sites is 1. The molecule has 0 bridgehead atoms. The monoisotopic (exact) mass is 523 g/mol. The molecule has 2 amide bonds. The van der Waals surface area contributed by atoms with Crippen molar-refractivity contribution < 1.29 is 27.8 Å². The number of benzene rings is 2. The third-order valence-electron chi connectivity index (χ3n) is 6.93. The summed E-state index contributed by atoms with van der Waals surface area (Å²) in [6, 6.07) is 12.0. The maximum Gasteiger partial charge on any atom is 0.271 e. The van der Waals surface area contributed by atoms with E-state index in [4.69, 9.17) is 9.47 Å². The number of nitrogens with zero attached hydrogens (tertiary/aromatic N) is 3. The van der Waals surface area contributed by atoms with Gasteiger partial charge in [-0.15, -0.1) is 0 Å². The van der Waals surface area contributed by atoms with Gasteiger partial charge in [0.05, 0.1) is 31.5 Å². The van der Waals surface area contributed by atoms with Gasteiger partial charge in [0.25, 0.3) is 11.8 Å². The third-order valence-corrected chi connectivity index (χ3v) is 6.93. The van der Waals surface area contributed by atoms with Gasteiger partial charge in [-0.2, -0.15) is 9.49 Å². The Morgan fingerprint density at radius 3 is 2.61 bits per heavy atom. The van der Waals surface area contributed by atoms with Crippen LogP contribution in [0.25, 0.3) is 10.9 Å². The second-order valence-corrected chi connectivity index (χ2v) is 9.11. The summed E-state index contributed by atoms with van der Waals surface area (Å²) >= 11 is 0. The number of fused-ring (bicyclic) bond motifs is 1. The predicted molar refractivity (Wildman–Crippen MR) is 137 cm³/mol. The Labute approximate surface area is 217 Å². The van der Waals surface area contributed by atoms with Gasteiger partial charge in [0.15, 0.2) is 23.1 Å². The molecule has 9 nitrogen and oxygen atoms in total. The average Bonchev–Trinajstić information content (AvgIpc) is 3.53. The number of piperidine rings is 1. The fraction of sp³-hybridized carbons (Fsp3) is 0.296. The Kier molecular flexibility index (Phi) is 6.75. The topological polar surface area (TPSA) is 101 Å². The van der Waals surface area contributed by atoms with Gasteiger partial charge in [-0.1, -0.05) is 18.2 Å². The number of hydrogen-bond donors (Lipinski definition) is 2. The molecular formula is C27H27F2N5O4. The Balaban J connectivity index is 1.39. The Morgan fingerprint density at radius 1 is 1.08 bits per heavy atom. The van der Waals surface area contributed by atoms with Gasteiger partial charge in [-0.3, -0.25) is 14.7 Å². The number of aryl methyl sites for hydroxylation is 1. The minimum Gasteiger partial charge on any atom is -0.494 e. The number of ether oxygens (including phenoxy) is 2. The van der Waals surface area contributed by atoms with Crippen LogP contribution >= 0.6 is 0 Å². The molecule has 38 heavy (non-hydrogen) atoms. The van der Waals surface area contributed by atoms with E-state index in [-0.39, 0.29) is 23.5 Å². The minimum atomic E-state index is -1.15. The number of amides is 2. The summed E-state index contributed by atoms with van der Waals surface area (Å²) < 4.78 is 40.6. The van der Waals surface area contributed by atoms with E-state index >= 15 is 0 Å². The van der Waals surface area contributed by atoms with E-state index in [0.29, 0.717) is 24.4 Å². The van der Waals surface area contributed by atoms with Crippen molar-refractivity contribution in [1.82, 2.24) is 19.7 Å². The first-order chi connectivity index (χ1) is 18.3. The van der Waals surface area contributed by atoms with Crippen molar-refractivity contribution in [2.75, 3.05) is 26.1 Å². The molecule has 198 valence electrons. The van der Waals surface area contributed by atoms with Crippen LogP contribution < -0.4 is 14.8 Å². The second kappa shape index (κ2) is 10.2. The first-order valence-electron chi connectivity index (χ1n) is 12.2. The molecule has 0 radical (unpaired) electrons. The van der Waals surface area contributed by atoms with Crippen molar-refractivity contribution >= 4 is 28.5 Å². The van der Waals surface area contributed by atoms with Crippen molar-refractivity contribution in [3.8, 4) is 11.5 Å². The molecule has 4 aromatic rings. The van der Waals surface area contributed by atoms with Crippen LogP contribution in [0, 0.1) is 11.6 Å². The molecule has 1 aliphatic heterocycles. The highest BCUT2D eigenvalue weighted by molar-refractivity contribution is 6.04. The molecule has 1 saturated heterocycles. The SMILES string of the molecule is COc1cc(C(=O)Nc2cc(C3CCCCN3C(=O)c3cc4ccccc4n3C)[nH]n2)c(F)c(OC)c1F. The Bertz CT molecular complexity index is 1530. The van der Waals surface area contributed by atoms with Crippen LogP contribution in [0.1, 0.15) is 51.8 Å². The lowest BCUT2D eigenvalue weighted by molar-refractivity contribution is 0.0596. The van der Waals surface area contributed by atoms with Crippen molar-refractivity contribution in [2.45, 2.75) is 25.3 Å². The molecule has 0 spiro atoms. The van der Waals surface area contributed by atoms with Gasteiger partial charge < -0.3 is 24.3 Å². The summed E-state index contributed by atoms with van der Waals surface area (Å²) in [6.07, 6.45) is 2.51. The number of aromatic amines is 1. The number of halogens is 2. The molecule has 3 heterocycles. The molecule has 0 saturated carbocycles. The summed E-state index contributed by atoms with van der Waals surface area (Å²) in [4.78, 5) is 28.3. The second-order valence-electron chi connectivity index (χ2n) is 9.11. The van der Waals surface area contributed by atoms with Crippen molar-refractivity contribution in [2.24, 2.45) is 7.05 Å². The lowest BCUT2D eigenvalue weighted by Gasteiger charge is -2.35. The van der Waals surface area contributed by atoms with Crippen LogP contribution in [0.4, 0.5) is 14.6 Å². The lowest BCUT2D eigenvalue weighted by Crippen LogP contribution is -2.39. The molecule has 11 heteroatoms. The lowest BCUT2D eigenvalue weighted by atomic mass is 9.99. The van der Waals surface area contributed by atoms with E-state index in [2.05, 4.69) is 15.5 Å². The van der Waals surface area contributed by atoms with Crippen LogP contribution in [-0.4, -0.2) is 52.2 Å². The number of rotatable bonds is 6. The summed E-state index contributed by atoms with van der Waals surface area (Å²) in [5.41, 5.74) is 1.73. The van der Waals surface area contributed by atoms with Gasteiger partial charge in [0, 0.05) is 30.6 Å². The van der Waals surface area contributed by atoms with E-state index in [1.165, 1.54) is 7.11 Å². The van der Waals surface area contributed by atoms with Gasteiger partial charge in [-0.25, -0.2) is 4.39 Å². The molecule has 1 unspecified atom stereocenters. The van der Waals surface area contributed by atoms with E-state index in [1.54, 1.807) is 6.07 Å². The van der Waals surface area contributed by atoms with Gasteiger partial charge in [0.2, 0.25) is 5.82 Å². The molecule has 2 N–H and O–H groups in total. The maximum atomic E-state index is 14.8. The standard InChI is InChI=1S/C27H27F2N5O4/c1-33-18-9-5-4-8-15(18)12-20(33)27(36)34-11-7-6-10-19(34)17-14-22(32-31-17)30-26(35)16-13-21(37-2)24(29)25(38-3)23(16)28/h4-5,8-9,12-14,19H,6-7,10-11H2,1-3H3,(H2,30,31,32,35). The van der Waals surface area contributed by atoms with E-state index < -0.39 is 28.9 Å². The summed E-state index contributed by atoms with van der Waals surface area (Å²) in [6.45, 7) is 0.576. The van der Waals surface area contributed by atoms with Gasteiger partial charge in [-0.05, 0) is 37.5 Å². The predicted octanol–water partition coefficient (Wildman–Crippen LogP) is 4.82. The quantitative estimate of drug-likeness (QED) is 0.378. The molecule has 1 fully saturated rings. The fourth-order valence-corrected chi connectivity index (χ4v) is 4.98. The molecule has 5 rings (SSSR count). The summed E-state index contributed by atoms with van der Waals surface area (Å²) in [7, 11) is 4.17. The Morgan fingerprint density at radius 2 is 1.87 bits per heavy atom. The van der Waals surface area contributed by atoms with E-state index in [1.807, 2.05) is 46.8 Å². The van der Waals surface area contributed by atoms with Gasteiger partial charge in [0.1, 0.15) is 5.69 Å². The highest BCUT2D eigenvalue weighted by atomic mass is 19.1. The largest absolute Gasteiger partial charge is 0.494 e. The molecule has 2 aromatic carbocycles. The van der Waals surface area contributed by atoms with E-state index in [9.17, 15) is 18.4 Å².